The van der Waals surface area contributed by atoms with E-state index in [9.17, 15) is 0 Å². The van der Waals surface area contributed by atoms with E-state index in [0.717, 1.165) is 5.56 Å². The number of aromatic hydroxyl groups is 1. The molecule has 0 aliphatic carbocycles. The monoisotopic (exact) mass is 180 g/mol. The van der Waals surface area contributed by atoms with Gasteiger partial charge < -0.3 is 16.6 Å². The molecule has 0 heterocycles. The Morgan fingerprint density at radius 2 is 1.85 bits per heavy atom. The molecule has 72 valence electrons. The van der Waals surface area contributed by atoms with E-state index >= 15 is 0 Å². The second kappa shape index (κ2) is 4.25. The molecule has 13 heavy (non-hydrogen) atoms. The van der Waals surface area contributed by atoms with Crippen LogP contribution in [0.25, 0.3) is 0 Å². The number of rotatable bonds is 3. The van der Waals surface area contributed by atoms with Gasteiger partial charge in [-0.15, -0.1) is 0 Å². The molecule has 3 nitrogen and oxygen atoms in total. The molecule has 1 aromatic carbocycles. The second-order valence-electron chi connectivity index (χ2n) is 3.33. The summed E-state index contributed by atoms with van der Waals surface area (Å²) in [6.45, 7) is 2.58. The Kier molecular flexibility index (Phi) is 3.28. The number of phenols is 1. The Hall–Kier alpha value is -1.06. The molecule has 0 fully saturated rings. The topological polar surface area (TPSA) is 72.3 Å². The smallest absolute Gasteiger partial charge is 0.115 e. The van der Waals surface area contributed by atoms with Crippen molar-refractivity contribution in [2.24, 2.45) is 17.4 Å². The largest absolute Gasteiger partial charge is 0.508 e. The van der Waals surface area contributed by atoms with Gasteiger partial charge in [0.2, 0.25) is 0 Å². The van der Waals surface area contributed by atoms with E-state index in [2.05, 4.69) is 0 Å². The highest BCUT2D eigenvalue weighted by molar-refractivity contribution is 5.28. The molecule has 0 saturated heterocycles. The minimum Gasteiger partial charge on any atom is -0.508 e. The molecule has 5 N–H and O–H groups in total. The predicted molar refractivity (Wildman–Crippen MR) is 53.3 cm³/mol. The van der Waals surface area contributed by atoms with Gasteiger partial charge in [-0.05, 0) is 30.2 Å². The van der Waals surface area contributed by atoms with Crippen molar-refractivity contribution >= 4 is 0 Å². The highest BCUT2D eigenvalue weighted by Gasteiger charge is 2.12. The first kappa shape index (κ1) is 10.0. The quantitative estimate of drug-likeness (QED) is 0.649. The van der Waals surface area contributed by atoms with Gasteiger partial charge in [-0.1, -0.05) is 19.1 Å². The molecule has 0 spiro atoms. The third-order valence-corrected chi connectivity index (χ3v) is 2.26. The van der Waals surface area contributed by atoms with Crippen LogP contribution in [0.2, 0.25) is 0 Å². The van der Waals surface area contributed by atoms with Crippen LogP contribution in [0.1, 0.15) is 18.5 Å². The van der Waals surface area contributed by atoms with Crippen LogP contribution in [-0.2, 0) is 0 Å². The van der Waals surface area contributed by atoms with Gasteiger partial charge >= 0.3 is 0 Å². The van der Waals surface area contributed by atoms with Crippen molar-refractivity contribution in [1.29, 1.82) is 0 Å². The van der Waals surface area contributed by atoms with Crippen LogP contribution in [0.15, 0.2) is 24.3 Å². The SMILES string of the molecule is CC(CN)C(N)c1ccc(O)cc1. The molecule has 0 amide bonds. The van der Waals surface area contributed by atoms with Crippen LogP contribution in [0.5, 0.6) is 5.75 Å². The van der Waals surface area contributed by atoms with E-state index in [1.54, 1.807) is 12.1 Å². The summed E-state index contributed by atoms with van der Waals surface area (Å²) in [4.78, 5) is 0. The maximum absolute atomic E-state index is 9.07. The molecule has 2 unspecified atom stereocenters. The van der Waals surface area contributed by atoms with Gasteiger partial charge in [-0.25, -0.2) is 0 Å². The standard InChI is InChI=1S/C10H16N2O/c1-7(6-11)10(12)8-2-4-9(13)5-3-8/h2-5,7,10,13H,6,11-12H2,1H3. The summed E-state index contributed by atoms with van der Waals surface area (Å²) >= 11 is 0. The number of hydrogen-bond donors (Lipinski definition) is 3. The van der Waals surface area contributed by atoms with Crippen LogP contribution in [-0.4, -0.2) is 11.7 Å². The molecule has 2 atom stereocenters. The average molecular weight is 180 g/mol. The van der Waals surface area contributed by atoms with Gasteiger partial charge in [0.1, 0.15) is 5.75 Å². The number of benzene rings is 1. The Balaban J connectivity index is 2.77. The average Bonchev–Trinajstić information content (AvgIpc) is 2.17. The summed E-state index contributed by atoms with van der Waals surface area (Å²) in [5.74, 6) is 0.515. The van der Waals surface area contributed by atoms with Gasteiger partial charge in [-0.2, -0.15) is 0 Å². The van der Waals surface area contributed by atoms with E-state index in [4.69, 9.17) is 16.6 Å². The van der Waals surface area contributed by atoms with Crippen LogP contribution < -0.4 is 11.5 Å². The summed E-state index contributed by atoms with van der Waals surface area (Å²) in [6, 6.07) is 6.88. The molecule has 3 heteroatoms. The minimum absolute atomic E-state index is 0.0504. The van der Waals surface area contributed by atoms with Gasteiger partial charge in [0.25, 0.3) is 0 Å². The lowest BCUT2D eigenvalue weighted by atomic mass is 9.95. The van der Waals surface area contributed by atoms with E-state index in [1.165, 1.54) is 0 Å². The second-order valence-corrected chi connectivity index (χ2v) is 3.33. The fourth-order valence-corrected chi connectivity index (χ4v) is 1.17. The van der Waals surface area contributed by atoms with Crippen molar-refractivity contribution < 1.29 is 5.11 Å². The Labute approximate surface area is 78.4 Å². The van der Waals surface area contributed by atoms with E-state index in [0.29, 0.717) is 6.54 Å². The first-order valence-electron chi connectivity index (χ1n) is 4.39. The van der Waals surface area contributed by atoms with Gasteiger partial charge in [0.05, 0.1) is 0 Å². The molecule has 0 bridgehead atoms. The van der Waals surface area contributed by atoms with Crippen LogP contribution in [0, 0.1) is 5.92 Å². The number of phenolic OH excluding ortho intramolecular Hbond substituents is 1. The van der Waals surface area contributed by atoms with Crippen molar-refractivity contribution in [1.82, 2.24) is 0 Å². The van der Waals surface area contributed by atoms with Crippen molar-refractivity contribution in [3.05, 3.63) is 29.8 Å². The zero-order chi connectivity index (χ0) is 9.84. The van der Waals surface area contributed by atoms with E-state index < -0.39 is 0 Å². The first-order valence-corrected chi connectivity index (χ1v) is 4.39. The van der Waals surface area contributed by atoms with E-state index in [-0.39, 0.29) is 17.7 Å². The first-order chi connectivity index (χ1) is 6.15. The molecule has 0 aliphatic rings. The van der Waals surface area contributed by atoms with Crippen LogP contribution in [0.3, 0.4) is 0 Å². The maximum atomic E-state index is 9.07. The van der Waals surface area contributed by atoms with Crippen LogP contribution >= 0.6 is 0 Å². The third kappa shape index (κ3) is 2.44. The Morgan fingerprint density at radius 3 is 2.31 bits per heavy atom. The molecule has 1 aromatic rings. The summed E-state index contributed by atoms with van der Waals surface area (Å²) in [5, 5.41) is 9.07. The van der Waals surface area contributed by atoms with Crippen molar-refractivity contribution in [2.75, 3.05) is 6.54 Å². The van der Waals surface area contributed by atoms with Crippen molar-refractivity contribution in [3.63, 3.8) is 0 Å². The predicted octanol–water partition coefficient (Wildman–Crippen LogP) is 0.987. The molecule has 1 rings (SSSR count). The summed E-state index contributed by atoms with van der Waals surface area (Å²) < 4.78 is 0. The zero-order valence-corrected chi connectivity index (χ0v) is 7.77. The lowest BCUT2D eigenvalue weighted by molar-refractivity contribution is 0.468. The lowest BCUT2D eigenvalue weighted by Crippen LogP contribution is -2.25. The molecular formula is C10H16N2O. The summed E-state index contributed by atoms with van der Waals surface area (Å²) in [7, 11) is 0. The third-order valence-electron chi connectivity index (χ3n) is 2.26. The normalized spacial score (nSPS) is 15.3. The number of hydrogen-bond acceptors (Lipinski definition) is 3. The molecule has 0 saturated carbocycles. The number of nitrogens with two attached hydrogens (primary N) is 2. The highest BCUT2D eigenvalue weighted by atomic mass is 16.3. The van der Waals surface area contributed by atoms with Crippen molar-refractivity contribution in [3.8, 4) is 5.75 Å². The fraction of sp³-hybridized carbons (Fsp3) is 0.400. The molecular weight excluding hydrogens is 164 g/mol. The molecule has 0 aromatic heterocycles. The van der Waals surface area contributed by atoms with Crippen LogP contribution in [0.4, 0.5) is 0 Å². The summed E-state index contributed by atoms with van der Waals surface area (Å²) in [5.41, 5.74) is 12.5. The lowest BCUT2D eigenvalue weighted by Gasteiger charge is -2.18. The fourth-order valence-electron chi connectivity index (χ4n) is 1.17. The molecule has 0 aliphatic heterocycles. The maximum Gasteiger partial charge on any atom is 0.115 e. The van der Waals surface area contributed by atoms with E-state index in [1.807, 2.05) is 19.1 Å². The highest BCUT2D eigenvalue weighted by Crippen LogP contribution is 2.20. The van der Waals surface area contributed by atoms with Gasteiger partial charge in [0.15, 0.2) is 0 Å². The van der Waals surface area contributed by atoms with Gasteiger partial charge in [-0.3, -0.25) is 0 Å². The summed E-state index contributed by atoms with van der Waals surface area (Å²) in [6.07, 6.45) is 0. The van der Waals surface area contributed by atoms with Gasteiger partial charge in [0, 0.05) is 6.04 Å². The zero-order valence-electron chi connectivity index (χ0n) is 7.77. The minimum atomic E-state index is -0.0504. The molecule has 0 radical (unpaired) electrons. The Bertz CT molecular complexity index is 258. The Morgan fingerprint density at radius 1 is 1.31 bits per heavy atom. The van der Waals surface area contributed by atoms with Crippen molar-refractivity contribution in [2.45, 2.75) is 13.0 Å².